The summed E-state index contributed by atoms with van der Waals surface area (Å²) in [5.41, 5.74) is 1.55. The lowest BCUT2D eigenvalue weighted by atomic mass is 10.1. The molecule has 0 aliphatic heterocycles. The van der Waals surface area contributed by atoms with Gasteiger partial charge in [-0.15, -0.1) is 0 Å². The first-order valence-electron chi connectivity index (χ1n) is 6.29. The molecule has 0 unspecified atom stereocenters. The van der Waals surface area contributed by atoms with Crippen molar-refractivity contribution < 1.29 is 4.74 Å². The molecule has 104 valence electrons. The maximum Gasteiger partial charge on any atom is 0.120 e. The van der Waals surface area contributed by atoms with Gasteiger partial charge in [0, 0.05) is 16.7 Å². The number of nitrogens with one attached hydrogen (secondary N) is 1. The number of rotatable bonds is 5. The van der Waals surface area contributed by atoms with Gasteiger partial charge in [-0.2, -0.15) is 10.5 Å². The Hall–Kier alpha value is -2.50. The van der Waals surface area contributed by atoms with Crippen LogP contribution in [0.2, 0.25) is 0 Å². The van der Waals surface area contributed by atoms with Gasteiger partial charge in [0.15, 0.2) is 0 Å². The molecule has 4 nitrogen and oxygen atoms in total. The van der Waals surface area contributed by atoms with E-state index in [0.717, 1.165) is 15.9 Å². The van der Waals surface area contributed by atoms with E-state index >= 15 is 0 Å². The molecular formula is C16H12BrN3O. The predicted octanol–water partition coefficient (Wildman–Crippen LogP) is 3.68. The van der Waals surface area contributed by atoms with Gasteiger partial charge in [-0.05, 0) is 36.4 Å². The molecule has 0 spiro atoms. The summed E-state index contributed by atoms with van der Waals surface area (Å²) in [6.45, 7) is 1.10. The van der Waals surface area contributed by atoms with Crippen LogP contribution in [-0.2, 0) is 0 Å². The predicted molar refractivity (Wildman–Crippen MR) is 84.0 cm³/mol. The number of hydrogen-bond donors (Lipinski definition) is 1. The summed E-state index contributed by atoms with van der Waals surface area (Å²) in [4.78, 5) is 0. The molecule has 0 aromatic heterocycles. The van der Waals surface area contributed by atoms with Crippen molar-refractivity contribution in [3.63, 3.8) is 0 Å². The number of benzene rings is 2. The second-order valence-corrected chi connectivity index (χ2v) is 5.13. The molecule has 2 aromatic rings. The standard InChI is InChI=1S/C16H12BrN3O/c17-14-2-1-3-16(9-14)21-7-6-20-15-5-4-12(10-18)13(8-15)11-19/h1-5,8-9,20H,6-7H2. The summed E-state index contributed by atoms with van der Waals surface area (Å²) < 4.78 is 6.57. The van der Waals surface area contributed by atoms with Crippen LogP contribution in [0.3, 0.4) is 0 Å². The minimum Gasteiger partial charge on any atom is -0.492 e. The van der Waals surface area contributed by atoms with Gasteiger partial charge < -0.3 is 10.1 Å². The van der Waals surface area contributed by atoms with Crippen molar-refractivity contribution in [1.82, 2.24) is 0 Å². The molecule has 0 bridgehead atoms. The highest BCUT2D eigenvalue weighted by atomic mass is 79.9. The summed E-state index contributed by atoms with van der Waals surface area (Å²) in [6, 6.07) is 16.7. The molecule has 0 radical (unpaired) electrons. The van der Waals surface area contributed by atoms with Crippen LogP contribution in [0, 0.1) is 22.7 Å². The molecular weight excluding hydrogens is 330 g/mol. The van der Waals surface area contributed by atoms with Gasteiger partial charge in [-0.3, -0.25) is 0 Å². The zero-order valence-electron chi connectivity index (χ0n) is 11.1. The van der Waals surface area contributed by atoms with Gasteiger partial charge in [-0.1, -0.05) is 22.0 Å². The number of nitrogens with zero attached hydrogens (tertiary/aromatic N) is 2. The van der Waals surface area contributed by atoms with Crippen molar-refractivity contribution in [2.24, 2.45) is 0 Å². The van der Waals surface area contributed by atoms with Crippen LogP contribution < -0.4 is 10.1 Å². The van der Waals surface area contributed by atoms with Crippen LogP contribution >= 0.6 is 15.9 Å². The van der Waals surface area contributed by atoms with Gasteiger partial charge in [-0.25, -0.2) is 0 Å². The van der Waals surface area contributed by atoms with Gasteiger partial charge in [0.05, 0.1) is 11.1 Å². The normalized spacial score (nSPS) is 9.48. The Labute approximate surface area is 131 Å². The van der Waals surface area contributed by atoms with Crippen LogP contribution in [-0.4, -0.2) is 13.2 Å². The number of halogens is 1. The van der Waals surface area contributed by atoms with E-state index in [4.69, 9.17) is 15.3 Å². The van der Waals surface area contributed by atoms with Gasteiger partial charge >= 0.3 is 0 Å². The molecule has 0 aliphatic rings. The van der Waals surface area contributed by atoms with E-state index in [1.54, 1.807) is 18.2 Å². The summed E-state index contributed by atoms with van der Waals surface area (Å²) in [5, 5.41) is 21.0. The molecule has 2 rings (SSSR count). The fourth-order valence-electron chi connectivity index (χ4n) is 1.77. The van der Waals surface area contributed by atoms with Crippen LogP contribution in [0.25, 0.3) is 0 Å². The van der Waals surface area contributed by atoms with Gasteiger partial charge in [0.2, 0.25) is 0 Å². The largest absolute Gasteiger partial charge is 0.492 e. The monoisotopic (exact) mass is 341 g/mol. The molecule has 21 heavy (non-hydrogen) atoms. The van der Waals surface area contributed by atoms with E-state index in [0.29, 0.717) is 24.3 Å². The number of ether oxygens (including phenoxy) is 1. The summed E-state index contributed by atoms with van der Waals surface area (Å²) in [7, 11) is 0. The Morgan fingerprint density at radius 3 is 2.57 bits per heavy atom. The molecule has 0 atom stereocenters. The van der Waals surface area contributed by atoms with Gasteiger partial charge in [0.25, 0.3) is 0 Å². The average molecular weight is 342 g/mol. The molecule has 0 aliphatic carbocycles. The molecule has 2 aromatic carbocycles. The number of hydrogen-bond acceptors (Lipinski definition) is 4. The van der Waals surface area contributed by atoms with E-state index in [-0.39, 0.29) is 0 Å². The first-order valence-corrected chi connectivity index (χ1v) is 7.08. The zero-order chi connectivity index (χ0) is 15.1. The van der Waals surface area contributed by atoms with Gasteiger partial charge in [0.1, 0.15) is 24.5 Å². The lowest BCUT2D eigenvalue weighted by Crippen LogP contribution is -2.11. The third-order valence-electron chi connectivity index (χ3n) is 2.76. The Morgan fingerprint density at radius 2 is 1.86 bits per heavy atom. The lowest BCUT2D eigenvalue weighted by molar-refractivity contribution is 0.332. The van der Waals surface area contributed by atoms with E-state index in [1.165, 1.54) is 0 Å². The van der Waals surface area contributed by atoms with Crippen LogP contribution in [0.15, 0.2) is 46.9 Å². The second kappa shape index (κ2) is 7.33. The van der Waals surface area contributed by atoms with Crippen molar-refractivity contribution in [2.75, 3.05) is 18.5 Å². The highest BCUT2D eigenvalue weighted by molar-refractivity contribution is 9.10. The van der Waals surface area contributed by atoms with Crippen LogP contribution in [0.5, 0.6) is 5.75 Å². The van der Waals surface area contributed by atoms with Crippen LogP contribution in [0.4, 0.5) is 5.69 Å². The van der Waals surface area contributed by atoms with Crippen molar-refractivity contribution in [3.8, 4) is 17.9 Å². The maximum absolute atomic E-state index is 8.96. The third-order valence-corrected chi connectivity index (χ3v) is 3.25. The Balaban J connectivity index is 1.87. The molecule has 0 heterocycles. The van der Waals surface area contributed by atoms with Crippen molar-refractivity contribution in [1.29, 1.82) is 10.5 Å². The molecule has 0 saturated heterocycles. The highest BCUT2D eigenvalue weighted by Crippen LogP contribution is 2.18. The molecule has 0 saturated carbocycles. The first-order chi connectivity index (χ1) is 10.2. The van der Waals surface area contributed by atoms with Crippen LogP contribution in [0.1, 0.15) is 11.1 Å². The number of anilines is 1. The van der Waals surface area contributed by atoms with E-state index < -0.39 is 0 Å². The first kappa shape index (κ1) is 14.9. The Bertz CT molecular complexity index is 716. The minimum atomic E-state index is 0.371. The quantitative estimate of drug-likeness (QED) is 0.842. The SMILES string of the molecule is N#Cc1ccc(NCCOc2cccc(Br)c2)cc1C#N. The maximum atomic E-state index is 8.96. The Morgan fingerprint density at radius 1 is 1.05 bits per heavy atom. The van der Waals surface area contributed by atoms with Crippen molar-refractivity contribution in [3.05, 3.63) is 58.1 Å². The summed E-state index contributed by atoms with van der Waals surface area (Å²) in [5.74, 6) is 0.795. The highest BCUT2D eigenvalue weighted by Gasteiger charge is 2.02. The van der Waals surface area contributed by atoms with Crippen molar-refractivity contribution >= 4 is 21.6 Å². The fraction of sp³-hybridized carbons (Fsp3) is 0.125. The molecule has 5 heteroatoms. The molecule has 0 amide bonds. The Kier molecular flexibility index (Phi) is 5.20. The van der Waals surface area contributed by atoms with E-state index in [2.05, 4.69) is 21.2 Å². The summed E-state index contributed by atoms with van der Waals surface area (Å²) >= 11 is 3.38. The zero-order valence-corrected chi connectivity index (χ0v) is 12.7. The second-order valence-electron chi connectivity index (χ2n) is 4.22. The average Bonchev–Trinajstić information content (AvgIpc) is 2.51. The third kappa shape index (κ3) is 4.24. The number of nitriles is 2. The lowest BCUT2D eigenvalue weighted by Gasteiger charge is -2.09. The smallest absolute Gasteiger partial charge is 0.120 e. The van der Waals surface area contributed by atoms with E-state index in [1.807, 2.05) is 36.4 Å². The van der Waals surface area contributed by atoms with E-state index in [9.17, 15) is 0 Å². The fourth-order valence-corrected chi connectivity index (χ4v) is 2.14. The molecule has 0 fully saturated rings. The topological polar surface area (TPSA) is 68.8 Å². The minimum absolute atomic E-state index is 0.371. The molecule has 1 N–H and O–H groups in total. The summed E-state index contributed by atoms with van der Waals surface area (Å²) in [6.07, 6.45) is 0. The van der Waals surface area contributed by atoms with Crippen molar-refractivity contribution in [2.45, 2.75) is 0 Å².